The fraction of sp³-hybridized carbons (Fsp3) is 0.364. The summed E-state index contributed by atoms with van der Waals surface area (Å²) in [7, 11) is 0. The average Bonchev–Trinajstić information content (AvgIpc) is 2.72. The number of aliphatic hydroxyl groups excluding tert-OH is 1. The van der Waals surface area contributed by atoms with E-state index in [4.69, 9.17) is 0 Å². The van der Waals surface area contributed by atoms with Crippen LogP contribution in [0.1, 0.15) is 29.6 Å². The largest absolute Gasteiger partial charge is 0.508 e. The third kappa shape index (κ3) is 3.24. The highest BCUT2D eigenvalue weighted by atomic mass is 16.3. The molecule has 2 fully saturated rings. The molecule has 0 bridgehead atoms. The Balaban J connectivity index is 1.52. The normalized spacial score (nSPS) is 24.8. The van der Waals surface area contributed by atoms with Crippen LogP contribution in [0.2, 0.25) is 0 Å². The van der Waals surface area contributed by atoms with E-state index in [0.29, 0.717) is 31.5 Å². The molecule has 6 heteroatoms. The lowest BCUT2D eigenvalue weighted by atomic mass is 9.71. The zero-order chi connectivity index (χ0) is 19.7. The molecule has 4 rings (SSSR count). The number of hydrogen-bond donors (Lipinski definition) is 3. The van der Waals surface area contributed by atoms with Crippen molar-refractivity contribution in [2.24, 2.45) is 5.41 Å². The van der Waals surface area contributed by atoms with Crippen LogP contribution in [0.5, 0.6) is 5.75 Å². The van der Waals surface area contributed by atoms with Crippen molar-refractivity contribution < 1.29 is 19.8 Å². The third-order valence-corrected chi connectivity index (χ3v) is 5.94. The van der Waals surface area contributed by atoms with Crippen molar-refractivity contribution in [3.8, 4) is 16.9 Å². The molecule has 0 radical (unpaired) electrons. The minimum Gasteiger partial charge on any atom is -0.508 e. The van der Waals surface area contributed by atoms with Gasteiger partial charge in [-0.05, 0) is 54.7 Å². The lowest BCUT2D eigenvalue weighted by Gasteiger charge is -2.46. The van der Waals surface area contributed by atoms with Crippen LogP contribution >= 0.6 is 0 Å². The quantitative estimate of drug-likeness (QED) is 0.745. The van der Waals surface area contributed by atoms with Gasteiger partial charge in [-0.15, -0.1) is 0 Å². The molecule has 3 N–H and O–H groups in total. The number of nitrogens with zero attached hydrogens (tertiary/aromatic N) is 1. The van der Waals surface area contributed by atoms with E-state index in [9.17, 15) is 19.8 Å². The van der Waals surface area contributed by atoms with E-state index in [-0.39, 0.29) is 24.1 Å². The first-order chi connectivity index (χ1) is 13.5. The number of amides is 2. The van der Waals surface area contributed by atoms with Crippen molar-refractivity contribution >= 4 is 11.8 Å². The smallest absolute Gasteiger partial charge is 0.253 e. The van der Waals surface area contributed by atoms with E-state index in [0.717, 1.165) is 17.5 Å². The molecule has 146 valence electrons. The van der Waals surface area contributed by atoms with Gasteiger partial charge in [-0.3, -0.25) is 9.59 Å². The summed E-state index contributed by atoms with van der Waals surface area (Å²) in [6, 6.07) is 14.2. The van der Waals surface area contributed by atoms with Crippen LogP contribution in [0.25, 0.3) is 11.1 Å². The number of likely N-dealkylation sites (tertiary alicyclic amines) is 1. The van der Waals surface area contributed by atoms with Crippen LogP contribution in [0.15, 0.2) is 48.5 Å². The number of hydrogen-bond acceptors (Lipinski definition) is 4. The monoisotopic (exact) mass is 380 g/mol. The summed E-state index contributed by atoms with van der Waals surface area (Å²) in [5.74, 6) is -0.0585. The lowest BCUT2D eigenvalue weighted by Crippen LogP contribution is -2.62. The molecule has 2 atom stereocenters. The van der Waals surface area contributed by atoms with Crippen LogP contribution in [0.4, 0.5) is 0 Å². The summed E-state index contributed by atoms with van der Waals surface area (Å²) in [6.45, 7) is 1.31. The maximum absolute atomic E-state index is 13.0. The van der Waals surface area contributed by atoms with Gasteiger partial charge in [0.15, 0.2) is 0 Å². The van der Waals surface area contributed by atoms with Gasteiger partial charge >= 0.3 is 0 Å². The van der Waals surface area contributed by atoms with E-state index in [1.165, 1.54) is 0 Å². The molecule has 0 aromatic heterocycles. The Hall–Kier alpha value is -2.86. The van der Waals surface area contributed by atoms with Crippen LogP contribution in [-0.2, 0) is 4.79 Å². The molecular formula is C22H24N2O4. The van der Waals surface area contributed by atoms with Gasteiger partial charge in [0.2, 0.25) is 5.91 Å². The fourth-order valence-corrected chi connectivity index (χ4v) is 4.26. The Kier molecular flexibility index (Phi) is 4.81. The van der Waals surface area contributed by atoms with Gasteiger partial charge in [0.1, 0.15) is 5.75 Å². The number of carbonyl (C=O) groups excluding carboxylic acids is 2. The van der Waals surface area contributed by atoms with Gasteiger partial charge in [0.25, 0.3) is 5.91 Å². The Morgan fingerprint density at radius 1 is 1.07 bits per heavy atom. The van der Waals surface area contributed by atoms with Crippen molar-refractivity contribution in [2.45, 2.75) is 25.4 Å². The van der Waals surface area contributed by atoms with Crippen LogP contribution in [0, 0.1) is 5.41 Å². The molecule has 2 aliphatic heterocycles. The third-order valence-electron chi connectivity index (χ3n) is 5.94. The second-order valence-electron chi connectivity index (χ2n) is 7.67. The lowest BCUT2D eigenvalue weighted by molar-refractivity contribution is -0.147. The maximum Gasteiger partial charge on any atom is 0.253 e. The number of piperidine rings is 2. The topological polar surface area (TPSA) is 89.9 Å². The highest BCUT2D eigenvalue weighted by Gasteiger charge is 2.50. The van der Waals surface area contributed by atoms with Crippen molar-refractivity contribution in [2.75, 3.05) is 19.6 Å². The van der Waals surface area contributed by atoms with Crippen LogP contribution < -0.4 is 5.32 Å². The van der Waals surface area contributed by atoms with Crippen molar-refractivity contribution in [1.29, 1.82) is 0 Å². The summed E-state index contributed by atoms with van der Waals surface area (Å²) >= 11 is 0. The molecule has 0 saturated carbocycles. The molecule has 2 saturated heterocycles. The van der Waals surface area contributed by atoms with Gasteiger partial charge in [-0.1, -0.05) is 24.3 Å². The van der Waals surface area contributed by atoms with Gasteiger partial charge < -0.3 is 20.4 Å². The van der Waals surface area contributed by atoms with E-state index >= 15 is 0 Å². The van der Waals surface area contributed by atoms with E-state index in [1.54, 1.807) is 29.2 Å². The second-order valence-corrected chi connectivity index (χ2v) is 7.67. The summed E-state index contributed by atoms with van der Waals surface area (Å²) in [4.78, 5) is 27.2. The molecule has 2 aromatic rings. The summed E-state index contributed by atoms with van der Waals surface area (Å²) in [5.41, 5.74) is 1.58. The van der Waals surface area contributed by atoms with Gasteiger partial charge in [0.05, 0.1) is 11.5 Å². The van der Waals surface area contributed by atoms with Gasteiger partial charge in [-0.2, -0.15) is 0 Å². The molecule has 0 aliphatic carbocycles. The molecule has 28 heavy (non-hydrogen) atoms. The molecular weight excluding hydrogens is 356 g/mol. The first kappa shape index (κ1) is 18.5. The zero-order valence-corrected chi connectivity index (χ0v) is 15.6. The van der Waals surface area contributed by atoms with Crippen LogP contribution in [0.3, 0.4) is 0 Å². The molecule has 2 aromatic carbocycles. The highest BCUT2D eigenvalue weighted by molar-refractivity contribution is 5.95. The minimum absolute atomic E-state index is 0.123. The number of nitrogens with one attached hydrogen (secondary N) is 1. The summed E-state index contributed by atoms with van der Waals surface area (Å²) < 4.78 is 0. The predicted molar refractivity (Wildman–Crippen MR) is 105 cm³/mol. The molecule has 1 unspecified atom stereocenters. The number of aliphatic hydroxyl groups is 1. The average molecular weight is 380 g/mol. The Morgan fingerprint density at radius 3 is 2.36 bits per heavy atom. The van der Waals surface area contributed by atoms with Gasteiger partial charge in [0, 0.05) is 25.2 Å². The molecule has 1 spiro atoms. The molecule has 2 heterocycles. The van der Waals surface area contributed by atoms with E-state index in [2.05, 4.69) is 5.32 Å². The zero-order valence-electron chi connectivity index (χ0n) is 15.6. The SMILES string of the molecule is O=C(c1ccc(-c2ccc(O)cc2)cc1)N1CCC(O)[C@@]2(CCCNC2=O)C1. The number of carbonyl (C=O) groups is 2. The summed E-state index contributed by atoms with van der Waals surface area (Å²) in [6.07, 6.45) is 1.11. The maximum atomic E-state index is 13.0. The Labute approximate surface area is 163 Å². The number of aromatic hydroxyl groups is 1. The first-order valence-electron chi connectivity index (χ1n) is 9.65. The summed E-state index contributed by atoms with van der Waals surface area (Å²) in [5, 5.41) is 22.7. The van der Waals surface area contributed by atoms with E-state index < -0.39 is 11.5 Å². The molecule has 2 amide bonds. The van der Waals surface area contributed by atoms with Crippen molar-refractivity contribution in [3.05, 3.63) is 54.1 Å². The first-order valence-corrected chi connectivity index (χ1v) is 9.65. The fourth-order valence-electron chi connectivity index (χ4n) is 4.26. The Bertz CT molecular complexity index is 878. The van der Waals surface area contributed by atoms with Gasteiger partial charge in [-0.25, -0.2) is 0 Å². The number of rotatable bonds is 2. The minimum atomic E-state index is -0.891. The number of phenols is 1. The van der Waals surface area contributed by atoms with Crippen molar-refractivity contribution in [1.82, 2.24) is 10.2 Å². The predicted octanol–water partition coefficient (Wildman–Crippen LogP) is 2.16. The highest BCUT2D eigenvalue weighted by Crippen LogP contribution is 2.37. The second kappa shape index (κ2) is 7.28. The van der Waals surface area contributed by atoms with E-state index in [1.807, 2.05) is 24.3 Å². The molecule has 2 aliphatic rings. The number of benzene rings is 2. The standard InChI is InChI=1S/C22H24N2O4/c25-18-8-6-16(7-9-18)15-2-4-17(5-3-15)20(27)24-13-10-19(26)22(14-24)11-1-12-23-21(22)28/h2-9,19,25-26H,1,10-14H2,(H,23,28)/t19?,22-/m1/s1. The number of phenolic OH excluding ortho intramolecular Hbond substituents is 1. The molecule has 6 nitrogen and oxygen atoms in total. The van der Waals surface area contributed by atoms with Crippen LogP contribution in [-0.4, -0.2) is 52.7 Å². The Morgan fingerprint density at radius 2 is 1.71 bits per heavy atom. The van der Waals surface area contributed by atoms with Crippen molar-refractivity contribution in [3.63, 3.8) is 0 Å².